The van der Waals surface area contributed by atoms with E-state index in [1.165, 1.54) is 5.56 Å². The van der Waals surface area contributed by atoms with Crippen molar-refractivity contribution in [2.24, 2.45) is 0 Å². The minimum atomic E-state index is -0.742. The maximum Gasteiger partial charge on any atom is 0.303 e. The third kappa shape index (κ3) is 6.60. The van der Waals surface area contributed by atoms with Gasteiger partial charge in [-0.2, -0.15) is 0 Å². The lowest BCUT2D eigenvalue weighted by atomic mass is 10.1. The molecule has 0 aromatic heterocycles. The molecule has 0 fully saturated rings. The summed E-state index contributed by atoms with van der Waals surface area (Å²) in [6, 6.07) is 7.73. The van der Waals surface area contributed by atoms with E-state index in [2.05, 4.69) is 5.32 Å². The molecule has 0 radical (unpaired) electrons. The van der Waals surface area contributed by atoms with Crippen LogP contribution in [0.3, 0.4) is 0 Å². The van der Waals surface area contributed by atoms with Gasteiger partial charge in [-0.25, -0.2) is 0 Å². The van der Waals surface area contributed by atoms with Gasteiger partial charge in [-0.05, 0) is 43.4 Å². The van der Waals surface area contributed by atoms with Crippen LogP contribution in [0.5, 0.6) is 0 Å². The predicted molar refractivity (Wildman–Crippen MR) is 75.2 cm³/mol. The van der Waals surface area contributed by atoms with Crippen molar-refractivity contribution in [3.63, 3.8) is 0 Å². The number of amides is 1. The number of benzene rings is 1. The predicted octanol–water partition coefficient (Wildman–Crippen LogP) is 3.22. The molecule has 0 unspecified atom stereocenters. The largest absolute Gasteiger partial charge is 0.481 e. The van der Waals surface area contributed by atoms with Crippen molar-refractivity contribution in [2.75, 3.05) is 5.32 Å². The fraction of sp³-hybridized carbons (Fsp3) is 0.467. The Morgan fingerprint density at radius 2 is 1.79 bits per heavy atom. The van der Waals surface area contributed by atoms with Crippen molar-refractivity contribution in [3.05, 3.63) is 29.8 Å². The highest BCUT2D eigenvalue weighted by atomic mass is 16.4. The number of aliphatic carboxylic acids is 1. The molecule has 4 nitrogen and oxygen atoms in total. The molecule has 4 heteroatoms. The standard InChI is InChI=1S/C15H21NO3/c1-2-5-14(17)16-13-10-8-12(9-11-13)6-3-4-7-15(18)19/h8-11H,2-7H2,1H3,(H,16,17)(H,18,19). The third-order valence-corrected chi connectivity index (χ3v) is 2.82. The number of carbonyl (C=O) groups is 2. The van der Waals surface area contributed by atoms with Gasteiger partial charge in [-0.15, -0.1) is 0 Å². The van der Waals surface area contributed by atoms with E-state index in [1.54, 1.807) is 0 Å². The van der Waals surface area contributed by atoms with Crippen LogP contribution in [0, 0.1) is 0 Å². The summed E-state index contributed by atoms with van der Waals surface area (Å²) in [5.74, 6) is -0.703. The smallest absolute Gasteiger partial charge is 0.303 e. The monoisotopic (exact) mass is 263 g/mol. The summed E-state index contributed by atoms with van der Waals surface area (Å²) in [4.78, 5) is 21.8. The number of carboxylic acid groups (broad SMARTS) is 1. The Balaban J connectivity index is 2.35. The van der Waals surface area contributed by atoms with Crippen LogP contribution in [0.1, 0.15) is 44.6 Å². The molecule has 1 aromatic carbocycles. The van der Waals surface area contributed by atoms with Crippen LogP contribution in [0.4, 0.5) is 5.69 Å². The molecule has 0 aliphatic carbocycles. The van der Waals surface area contributed by atoms with Crippen molar-refractivity contribution < 1.29 is 14.7 Å². The second-order valence-electron chi connectivity index (χ2n) is 4.60. The number of carboxylic acids is 1. The fourth-order valence-corrected chi connectivity index (χ4v) is 1.81. The van der Waals surface area contributed by atoms with E-state index >= 15 is 0 Å². The van der Waals surface area contributed by atoms with Gasteiger partial charge >= 0.3 is 5.97 Å². The first kappa shape index (κ1) is 15.2. The Morgan fingerprint density at radius 3 is 2.37 bits per heavy atom. The molecule has 1 rings (SSSR count). The molecule has 2 N–H and O–H groups in total. The second kappa shape index (κ2) is 8.29. The van der Waals surface area contributed by atoms with E-state index in [-0.39, 0.29) is 12.3 Å². The molecule has 0 spiro atoms. The van der Waals surface area contributed by atoms with Crippen LogP contribution in [-0.2, 0) is 16.0 Å². The first-order valence-corrected chi connectivity index (χ1v) is 6.72. The van der Waals surface area contributed by atoms with E-state index in [0.29, 0.717) is 12.8 Å². The molecule has 0 atom stereocenters. The van der Waals surface area contributed by atoms with Crippen molar-refractivity contribution in [2.45, 2.75) is 45.4 Å². The molecule has 0 heterocycles. The van der Waals surface area contributed by atoms with Crippen LogP contribution in [-0.4, -0.2) is 17.0 Å². The third-order valence-electron chi connectivity index (χ3n) is 2.82. The number of aryl methyl sites for hydroxylation is 1. The lowest BCUT2D eigenvalue weighted by Gasteiger charge is -2.06. The van der Waals surface area contributed by atoms with E-state index in [1.807, 2.05) is 31.2 Å². The van der Waals surface area contributed by atoms with Gasteiger partial charge in [0.05, 0.1) is 0 Å². The minimum Gasteiger partial charge on any atom is -0.481 e. The molecule has 0 aliphatic heterocycles. The summed E-state index contributed by atoms with van der Waals surface area (Å²) in [6.45, 7) is 1.97. The van der Waals surface area contributed by atoms with Gasteiger partial charge in [0.15, 0.2) is 0 Å². The van der Waals surface area contributed by atoms with Gasteiger partial charge < -0.3 is 10.4 Å². The SMILES string of the molecule is CCCC(=O)Nc1ccc(CCCCC(=O)O)cc1. The zero-order valence-electron chi connectivity index (χ0n) is 11.3. The van der Waals surface area contributed by atoms with Gasteiger partial charge in [0.1, 0.15) is 0 Å². The summed E-state index contributed by atoms with van der Waals surface area (Å²) >= 11 is 0. The Bertz CT molecular complexity index is 412. The Morgan fingerprint density at radius 1 is 1.11 bits per heavy atom. The highest BCUT2D eigenvalue weighted by Gasteiger charge is 2.01. The van der Waals surface area contributed by atoms with Gasteiger partial charge in [0, 0.05) is 18.5 Å². The second-order valence-corrected chi connectivity index (χ2v) is 4.60. The molecule has 0 saturated carbocycles. The highest BCUT2D eigenvalue weighted by molar-refractivity contribution is 5.90. The topological polar surface area (TPSA) is 66.4 Å². The molecule has 0 saturated heterocycles. The normalized spacial score (nSPS) is 10.2. The number of nitrogens with one attached hydrogen (secondary N) is 1. The van der Waals surface area contributed by atoms with Gasteiger partial charge in [-0.1, -0.05) is 19.1 Å². The molecule has 0 bridgehead atoms. The van der Waals surface area contributed by atoms with Crippen LogP contribution in [0.15, 0.2) is 24.3 Å². The summed E-state index contributed by atoms with van der Waals surface area (Å²) in [7, 11) is 0. The molecular formula is C15H21NO3. The Labute approximate surface area is 113 Å². The van der Waals surface area contributed by atoms with Crippen molar-refractivity contribution >= 4 is 17.6 Å². The molecule has 104 valence electrons. The lowest BCUT2D eigenvalue weighted by Crippen LogP contribution is -2.10. The summed E-state index contributed by atoms with van der Waals surface area (Å²) in [5.41, 5.74) is 1.98. The first-order valence-electron chi connectivity index (χ1n) is 6.72. The molecule has 1 aromatic rings. The minimum absolute atomic E-state index is 0.0386. The Kier molecular flexibility index (Phi) is 6.64. The quantitative estimate of drug-likeness (QED) is 0.708. The van der Waals surface area contributed by atoms with Gasteiger partial charge in [-0.3, -0.25) is 9.59 Å². The lowest BCUT2D eigenvalue weighted by molar-refractivity contribution is -0.137. The van der Waals surface area contributed by atoms with Crippen LogP contribution in [0.25, 0.3) is 0 Å². The number of carbonyl (C=O) groups excluding carboxylic acids is 1. The molecule has 0 aliphatic rings. The van der Waals surface area contributed by atoms with Crippen LogP contribution >= 0.6 is 0 Å². The van der Waals surface area contributed by atoms with Crippen molar-refractivity contribution in [1.82, 2.24) is 0 Å². The van der Waals surface area contributed by atoms with E-state index < -0.39 is 5.97 Å². The summed E-state index contributed by atoms with van der Waals surface area (Å²) in [5, 5.41) is 11.4. The average molecular weight is 263 g/mol. The average Bonchev–Trinajstić information content (AvgIpc) is 2.36. The zero-order chi connectivity index (χ0) is 14.1. The Hall–Kier alpha value is -1.84. The van der Waals surface area contributed by atoms with E-state index in [4.69, 9.17) is 5.11 Å². The number of anilines is 1. The number of rotatable bonds is 8. The molecular weight excluding hydrogens is 242 g/mol. The maximum absolute atomic E-state index is 11.4. The number of hydrogen-bond acceptors (Lipinski definition) is 2. The maximum atomic E-state index is 11.4. The van der Waals surface area contributed by atoms with E-state index in [9.17, 15) is 9.59 Å². The molecule has 1 amide bonds. The number of hydrogen-bond donors (Lipinski definition) is 2. The first-order chi connectivity index (χ1) is 9.11. The summed E-state index contributed by atoms with van der Waals surface area (Å²) < 4.78 is 0. The number of unbranched alkanes of at least 4 members (excludes halogenated alkanes) is 1. The fourth-order valence-electron chi connectivity index (χ4n) is 1.81. The van der Waals surface area contributed by atoms with E-state index in [0.717, 1.165) is 24.9 Å². The van der Waals surface area contributed by atoms with Gasteiger partial charge in [0.25, 0.3) is 0 Å². The summed E-state index contributed by atoms with van der Waals surface area (Å²) in [6.07, 6.45) is 4.05. The van der Waals surface area contributed by atoms with Crippen molar-refractivity contribution in [1.29, 1.82) is 0 Å². The zero-order valence-corrected chi connectivity index (χ0v) is 11.3. The highest BCUT2D eigenvalue weighted by Crippen LogP contribution is 2.12. The van der Waals surface area contributed by atoms with Gasteiger partial charge in [0.2, 0.25) is 5.91 Å². The van der Waals surface area contributed by atoms with Crippen LogP contribution < -0.4 is 5.32 Å². The molecule has 19 heavy (non-hydrogen) atoms. The van der Waals surface area contributed by atoms with Crippen LogP contribution in [0.2, 0.25) is 0 Å². The van der Waals surface area contributed by atoms with Crippen molar-refractivity contribution in [3.8, 4) is 0 Å².